The van der Waals surface area contributed by atoms with Crippen molar-refractivity contribution in [2.45, 2.75) is 13.0 Å². The van der Waals surface area contributed by atoms with E-state index in [0.717, 1.165) is 0 Å². The Morgan fingerprint density at radius 2 is 2.13 bits per heavy atom. The molecular formula is C11H12N2O2. The van der Waals surface area contributed by atoms with Crippen LogP contribution in [-0.4, -0.2) is 10.1 Å². The first-order valence-electron chi connectivity index (χ1n) is 4.68. The largest absolute Gasteiger partial charge is 0.507 e. The molecule has 1 atom stereocenters. The van der Waals surface area contributed by atoms with E-state index in [4.69, 9.17) is 10.2 Å². The smallest absolute Gasteiger partial charge is 0.211 e. The van der Waals surface area contributed by atoms with Crippen LogP contribution in [-0.2, 0) is 0 Å². The molecule has 3 N–H and O–H groups in total. The topological polar surface area (TPSA) is 72.3 Å². The summed E-state index contributed by atoms with van der Waals surface area (Å²) in [5.41, 5.74) is 6.87. The zero-order valence-corrected chi connectivity index (χ0v) is 8.34. The van der Waals surface area contributed by atoms with Crippen molar-refractivity contribution in [3.8, 4) is 17.0 Å². The Labute approximate surface area is 87.4 Å². The fraction of sp³-hybridized carbons (Fsp3) is 0.182. The van der Waals surface area contributed by atoms with Gasteiger partial charge in [0, 0.05) is 5.56 Å². The molecule has 4 heteroatoms. The highest BCUT2D eigenvalue weighted by Crippen LogP contribution is 2.28. The van der Waals surface area contributed by atoms with Gasteiger partial charge in [-0.25, -0.2) is 4.98 Å². The molecule has 1 aromatic heterocycles. The maximum Gasteiger partial charge on any atom is 0.211 e. The average Bonchev–Trinajstić information content (AvgIpc) is 2.67. The summed E-state index contributed by atoms with van der Waals surface area (Å²) < 4.78 is 5.19. The van der Waals surface area contributed by atoms with E-state index in [2.05, 4.69) is 4.98 Å². The number of phenolic OH excluding ortho intramolecular Hbond substituents is 1. The minimum absolute atomic E-state index is 0.182. The number of oxazole rings is 1. The molecule has 1 heterocycles. The van der Waals surface area contributed by atoms with Crippen molar-refractivity contribution in [3.05, 3.63) is 36.4 Å². The molecular weight excluding hydrogens is 192 g/mol. The minimum atomic E-state index is -0.246. The number of hydrogen-bond acceptors (Lipinski definition) is 4. The number of aromatic nitrogens is 1. The first-order chi connectivity index (χ1) is 7.18. The lowest BCUT2D eigenvalue weighted by atomic mass is 10.1. The standard InChI is InChI=1S/C11H12N2O2/c1-7(12)11-13-9(6-15-11)8-4-2-3-5-10(8)14/h2-7,14H,12H2,1H3. The van der Waals surface area contributed by atoms with Gasteiger partial charge in [0.1, 0.15) is 17.7 Å². The minimum Gasteiger partial charge on any atom is -0.507 e. The van der Waals surface area contributed by atoms with E-state index >= 15 is 0 Å². The van der Waals surface area contributed by atoms with E-state index in [1.54, 1.807) is 25.1 Å². The van der Waals surface area contributed by atoms with Crippen molar-refractivity contribution in [2.75, 3.05) is 0 Å². The number of para-hydroxylation sites is 1. The summed E-state index contributed by atoms with van der Waals surface area (Å²) in [7, 11) is 0. The molecule has 0 spiro atoms. The predicted octanol–water partition coefficient (Wildman–Crippen LogP) is 2.07. The fourth-order valence-corrected chi connectivity index (χ4v) is 1.31. The second kappa shape index (κ2) is 3.74. The van der Waals surface area contributed by atoms with E-state index in [9.17, 15) is 5.11 Å². The van der Waals surface area contributed by atoms with Crippen LogP contribution in [0.25, 0.3) is 11.3 Å². The molecule has 0 amide bonds. The van der Waals surface area contributed by atoms with E-state index in [1.807, 2.05) is 6.07 Å². The second-order valence-corrected chi connectivity index (χ2v) is 3.38. The Hall–Kier alpha value is -1.81. The lowest BCUT2D eigenvalue weighted by molar-refractivity contribution is 0.463. The molecule has 78 valence electrons. The van der Waals surface area contributed by atoms with Gasteiger partial charge in [0.25, 0.3) is 0 Å². The Morgan fingerprint density at radius 1 is 1.40 bits per heavy atom. The average molecular weight is 204 g/mol. The molecule has 1 unspecified atom stereocenters. The van der Waals surface area contributed by atoms with Crippen molar-refractivity contribution >= 4 is 0 Å². The Balaban J connectivity index is 2.42. The van der Waals surface area contributed by atoms with Gasteiger partial charge in [0.05, 0.1) is 6.04 Å². The first kappa shape index (κ1) is 9.73. The second-order valence-electron chi connectivity index (χ2n) is 3.38. The number of nitrogens with two attached hydrogens (primary N) is 1. The van der Waals surface area contributed by atoms with Gasteiger partial charge in [0.2, 0.25) is 5.89 Å². The maximum atomic E-state index is 9.60. The molecule has 2 aromatic rings. The van der Waals surface area contributed by atoms with Gasteiger partial charge in [-0.3, -0.25) is 0 Å². The number of rotatable bonds is 2. The van der Waals surface area contributed by atoms with Crippen LogP contribution in [0.5, 0.6) is 5.75 Å². The summed E-state index contributed by atoms with van der Waals surface area (Å²) in [5.74, 6) is 0.648. The summed E-state index contributed by atoms with van der Waals surface area (Å²) in [6.07, 6.45) is 1.49. The number of benzene rings is 1. The van der Waals surface area contributed by atoms with Crippen molar-refractivity contribution in [1.29, 1.82) is 0 Å². The van der Waals surface area contributed by atoms with Crippen molar-refractivity contribution in [1.82, 2.24) is 4.98 Å². The molecule has 0 saturated carbocycles. The van der Waals surface area contributed by atoms with Crippen LogP contribution in [0.1, 0.15) is 18.9 Å². The molecule has 1 aromatic carbocycles. The molecule has 15 heavy (non-hydrogen) atoms. The number of hydrogen-bond donors (Lipinski definition) is 2. The number of nitrogens with zero attached hydrogens (tertiary/aromatic N) is 1. The first-order valence-corrected chi connectivity index (χ1v) is 4.68. The molecule has 0 bridgehead atoms. The van der Waals surface area contributed by atoms with Gasteiger partial charge in [-0.1, -0.05) is 12.1 Å². The third kappa shape index (κ3) is 1.85. The van der Waals surface area contributed by atoms with Crippen LogP contribution in [0.15, 0.2) is 34.9 Å². The highest BCUT2D eigenvalue weighted by molar-refractivity contribution is 5.65. The fourth-order valence-electron chi connectivity index (χ4n) is 1.31. The van der Waals surface area contributed by atoms with Crippen LogP contribution >= 0.6 is 0 Å². The van der Waals surface area contributed by atoms with E-state index in [-0.39, 0.29) is 11.8 Å². The number of phenols is 1. The van der Waals surface area contributed by atoms with Gasteiger partial charge >= 0.3 is 0 Å². The van der Waals surface area contributed by atoms with Crippen molar-refractivity contribution in [2.24, 2.45) is 5.73 Å². The summed E-state index contributed by atoms with van der Waals surface area (Å²) >= 11 is 0. The molecule has 0 aliphatic rings. The highest BCUT2D eigenvalue weighted by Gasteiger charge is 2.11. The third-order valence-corrected chi connectivity index (χ3v) is 2.09. The van der Waals surface area contributed by atoms with Crippen molar-refractivity contribution < 1.29 is 9.52 Å². The van der Waals surface area contributed by atoms with Crippen LogP contribution in [0, 0.1) is 0 Å². The van der Waals surface area contributed by atoms with Gasteiger partial charge < -0.3 is 15.3 Å². The van der Waals surface area contributed by atoms with Gasteiger partial charge in [-0.2, -0.15) is 0 Å². The molecule has 2 rings (SSSR count). The lowest BCUT2D eigenvalue weighted by Gasteiger charge is -1.99. The zero-order valence-electron chi connectivity index (χ0n) is 8.34. The molecule has 4 nitrogen and oxygen atoms in total. The molecule has 0 saturated heterocycles. The van der Waals surface area contributed by atoms with Crippen LogP contribution in [0.4, 0.5) is 0 Å². The Kier molecular flexibility index (Phi) is 2.43. The predicted molar refractivity (Wildman–Crippen MR) is 56.2 cm³/mol. The monoisotopic (exact) mass is 204 g/mol. The van der Waals surface area contributed by atoms with Gasteiger partial charge in [0.15, 0.2) is 0 Å². The zero-order chi connectivity index (χ0) is 10.8. The number of aromatic hydroxyl groups is 1. The highest BCUT2D eigenvalue weighted by atomic mass is 16.3. The molecule has 0 fully saturated rings. The van der Waals surface area contributed by atoms with Crippen LogP contribution in [0.2, 0.25) is 0 Å². The van der Waals surface area contributed by atoms with Gasteiger partial charge in [-0.15, -0.1) is 0 Å². The maximum absolute atomic E-state index is 9.60. The van der Waals surface area contributed by atoms with Crippen molar-refractivity contribution in [3.63, 3.8) is 0 Å². The van der Waals surface area contributed by atoms with E-state index < -0.39 is 0 Å². The summed E-state index contributed by atoms with van der Waals surface area (Å²) in [6, 6.07) is 6.72. The molecule has 0 aliphatic heterocycles. The molecule has 0 radical (unpaired) electrons. The quantitative estimate of drug-likeness (QED) is 0.785. The third-order valence-electron chi connectivity index (χ3n) is 2.09. The lowest BCUT2D eigenvalue weighted by Crippen LogP contribution is -2.04. The Bertz CT molecular complexity index is 463. The van der Waals surface area contributed by atoms with E-state index in [0.29, 0.717) is 17.1 Å². The molecule has 0 aliphatic carbocycles. The van der Waals surface area contributed by atoms with Crippen LogP contribution in [0.3, 0.4) is 0 Å². The SMILES string of the molecule is CC(N)c1nc(-c2ccccc2O)co1. The van der Waals surface area contributed by atoms with Gasteiger partial charge in [-0.05, 0) is 19.1 Å². The van der Waals surface area contributed by atoms with E-state index in [1.165, 1.54) is 6.26 Å². The normalized spacial score (nSPS) is 12.7. The summed E-state index contributed by atoms with van der Waals surface area (Å²) in [6.45, 7) is 1.79. The Morgan fingerprint density at radius 3 is 2.73 bits per heavy atom. The van der Waals surface area contributed by atoms with Crippen LogP contribution < -0.4 is 5.73 Å². The summed E-state index contributed by atoms with van der Waals surface area (Å²) in [5, 5.41) is 9.60. The summed E-state index contributed by atoms with van der Waals surface area (Å²) in [4.78, 5) is 4.19.